The van der Waals surface area contributed by atoms with E-state index in [1.807, 2.05) is 0 Å². The summed E-state index contributed by atoms with van der Waals surface area (Å²) in [4.78, 5) is 12.3. The maximum atomic E-state index is 13.1. The number of nitrogens with one attached hydrogen (secondary N) is 1. The van der Waals surface area contributed by atoms with Gasteiger partial charge in [-0.1, -0.05) is 31.1 Å². The first-order valence-electron chi connectivity index (χ1n) is 6.48. The van der Waals surface area contributed by atoms with Crippen LogP contribution < -0.4 is 11.1 Å². The van der Waals surface area contributed by atoms with Crippen molar-refractivity contribution in [3.63, 3.8) is 0 Å². The zero-order valence-corrected chi connectivity index (χ0v) is 11.7. The molecule has 1 aromatic rings. The molecule has 1 fully saturated rings. The van der Waals surface area contributed by atoms with E-state index < -0.39 is 17.2 Å². The quantitative estimate of drug-likeness (QED) is 0.838. The van der Waals surface area contributed by atoms with E-state index in [4.69, 9.17) is 18.0 Å². The van der Waals surface area contributed by atoms with Gasteiger partial charge < -0.3 is 11.1 Å². The van der Waals surface area contributed by atoms with Crippen LogP contribution in [0.25, 0.3) is 0 Å². The summed E-state index contributed by atoms with van der Waals surface area (Å²) in [6, 6.07) is 3.42. The molecule has 0 spiro atoms. The molecule has 0 radical (unpaired) electrons. The van der Waals surface area contributed by atoms with Crippen molar-refractivity contribution in [2.75, 3.05) is 0 Å². The number of thiocarbonyl (C=S) groups is 1. The van der Waals surface area contributed by atoms with Gasteiger partial charge in [-0.25, -0.2) is 8.78 Å². The molecular weight excluding hydrogens is 282 g/mol. The lowest BCUT2D eigenvalue weighted by atomic mass is 9.97. The standard InChI is InChI=1S/C14H16F2N2OS/c15-10-4-3-9(7-11(10)16)8-12(19)18-14(13(17)20)5-1-2-6-14/h3-4,7H,1-2,5-6,8H2,(H2,17,20)(H,18,19). The van der Waals surface area contributed by atoms with Crippen LogP contribution in [0, 0.1) is 11.6 Å². The average molecular weight is 298 g/mol. The number of nitrogens with two attached hydrogens (primary N) is 1. The Kier molecular flexibility index (Phi) is 4.32. The van der Waals surface area contributed by atoms with Gasteiger partial charge in [-0.2, -0.15) is 0 Å². The Bertz CT molecular complexity index is 542. The van der Waals surface area contributed by atoms with E-state index in [0.29, 0.717) is 5.56 Å². The minimum absolute atomic E-state index is 0.0262. The summed E-state index contributed by atoms with van der Waals surface area (Å²) in [5, 5.41) is 2.85. The highest BCUT2D eigenvalue weighted by Gasteiger charge is 2.38. The number of benzene rings is 1. The molecule has 0 bridgehead atoms. The van der Waals surface area contributed by atoms with E-state index in [9.17, 15) is 13.6 Å². The van der Waals surface area contributed by atoms with Gasteiger partial charge in [0.25, 0.3) is 0 Å². The van der Waals surface area contributed by atoms with Crippen LogP contribution in [0.15, 0.2) is 18.2 Å². The lowest BCUT2D eigenvalue weighted by molar-refractivity contribution is -0.121. The Morgan fingerprint density at radius 1 is 1.30 bits per heavy atom. The summed E-state index contributed by atoms with van der Waals surface area (Å²) in [5.74, 6) is -2.17. The van der Waals surface area contributed by atoms with E-state index in [2.05, 4.69) is 5.32 Å². The highest BCUT2D eigenvalue weighted by molar-refractivity contribution is 7.80. The third-order valence-electron chi connectivity index (χ3n) is 3.66. The number of carbonyl (C=O) groups excluding carboxylic acids is 1. The number of carbonyl (C=O) groups is 1. The number of rotatable bonds is 4. The Labute approximate surface area is 121 Å². The Morgan fingerprint density at radius 3 is 2.50 bits per heavy atom. The molecule has 0 heterocycles. The fourth-order valence-corrected chi connectivity index (χ4v) is 2.81. The molecule has 1 aliphatic rings. The van der Waals surface area contributed by atoms with E-state index in [-0.39, 0.29) is 17.3 Å². The molecule has 1 saturated carbocycles. The summed E-state index contributed by atoms with van der Waals surface area (Å²) in [6.07, 6.45) is 3.35. The molecule has 108 valence electrons. The summed E-state index contributed by atoms with van der Waals surface area (Å²) in [6.45, 7) is 0. The van der Waals surface area contributed by atoms with Crippen LogP contribution in [0.2, 0.25) is 0 Å². The zero-order chi connectivity index (χ0) is 14.8. The molecule has 20 heavy (non-hydrogen) atoms. The second-order valence-corrected chi connectivity index (χ2v) is 5.57. The average Bonchev–Trinajstić information content (AvgIpc) is 2.83. The predicted molar refractivity (Wildman–Crippen MR) is 76.2 cm³/mol. The van der Waals surface area contributed by atoms with E-state index in [1.165, 1.54) is 6.07 Å². The number of halogens is 2. The van der Waals surface area contributed by atoms with Gasteiger partial charge in [0.05, 0.1) is 16.9 Å². The van der Waals surface area contributed by atoms with Crippen LogP contribution in [-0.4, -0.2) is 16.4 Å². The first-order valence-corrected chi connectivity index (χ1v) is 6.89. The number of hydrogen-bond acceptors (Lipinski definition) is 2. The molecule has 1 aliphatic carbocycles. The van der Waals surface area contributed by atoms with Crippen molar-refractivity contribution in [3.05, 3.63) is 35.4 Å². The van der Waals surface area contributed by atoms with Gasteiger partial charge in [-0.3, -0.25) is 4.79 Å². The molecule has 3 nitrogen and oxygen atoms in total. The van der Waals surface area contributed by atoms with Crippen LogP contribution in [0.4, 0.5) is 8.78 Å². The molecule has 0 saturated heterocycles. The normalized spacial score (nSPS) is 16.9. The smallest absolute Gasteiger partial charge is 0.225 e. The molecule has 0 aliphatic heterocycles. The van der Waals surface area contributed by atoms with Crippen molar-refractivity contribution in [1.29, 1.82) is 0 Å². The SMILES string of the molecule is NC(=S)C1(NC(=O)Cc2ccc(F)c(F)c2)CCCC1. The topological polar surface area (TPSA) is 55.1 Å². The van der Waals surface area contributed by atoms with Crippen molar-refractivity contribution in [1.82, 2.24) is 5.32 Å². The van der Waals surface area contributed by atoms with Crippen LogP contribution in [0.5, 0.6) is 0 Å². The predicted octanol–water partition coefficient (Wildman–Crippen LogP) is 2.22. The van der Waals surface area contributed by atoms with Crippen LogP contribution in [-0.2, 0) is 11.2 Å². The molecule has 0 unspecified atom stereocenters. The Hall–Kier alpha value is -1.56. The highest BCUT2D eigenvalue weighted by atomic mass is 32.1. The number of hydrogen-bond donors (Lipinski definition) is 2. The molecule has 0 atom stereocenters. The summed E-state index contributed by atoms with van der Waals surface area (Å²) < 4.78 is 25.9. The summed E-state index contributed by atoms with van der Waals surface area (Å²) in [7, 11) is 0. The zero-order valence-electron chi connectivity index (χ0n) is 10.9. The third-order valence-corrected chi connectivity index (χ3v) is 4.05. The lowest BCUT2D eigenvalue weighted by Crippen LogP contribution is -2.55. The van der Waals surface area contributed by atoms with Crippen LogP contribution in [0.1, 0.15) is 31.2 Å². The fourth-order valence-electron chi connectivity index (χ4n) is 2.56. The van der Waals surface area contributed by atoms with Gasteiger partial charge >= 0.3 is 0 Å². The first-order chi connectivity index (χ1) is 9.43. The maximum absolute atomic E-state index is 13.1. The van der Waals surface area contributed by atoms with Gasteiger partial charge in [0.2, 0.25) is 5.91 Å². The molecule has 6 heteroatoms. The molecule has 0 aromatic heterocycles. The molecule has 2 rings (SSSR count). The van der Waals surface area contributed by atoms with Gasteiger partial charge in [0.15, 0.2) is 11.6 Å². The highest BCUT2D eigenvalue weighted by Crippen LogP contribution is 2.30. The van der Waals surface area contributed by atoms with Crippen molar-refractivity contribution in [2.45, 2.75) is 37.6 Å². The van der Waals surface area contributed by atoms with E-state index in [0.717, 1.165) is 37.8 Å². The van der Waals surface area contributed by atoms with Gasteiger partial charge in [-0.05, 0) is 30.5 Å². The molecule has 1 amide bonds. The van der Waals surface area contributed by atoms with E-state index >= 15 is 0 Å². The lowest BCUT2D eigenvalue weighted by Gasteiger charge is -2.29. The largest absolute Gasteiger partial charge is 0.391 e. The third kappa shape index (κ3) is 3.12. The van der Waals surface area contributed by atoms with Gasteiger partial charge in [-0.15, -0.1) is 0 Å². The van der Waals surface area contributed by atoms with Crippen LogP contribution >= 0.6 is 12.2 Å². The monoisotopic (exact) mass is 298 g/mol. The second kappa shape index (κ2) is 5.83. The fraction of sp³-hybridized carbons (Fsp3) is 0.429. The van der Waals surface area contributed by atoms with Gasteiger partial charge in [0, 0.05) is 0 Å². The molecule has 1 aromatic carbocycles. The second-order valence-electron chi connectivity index (χ2n) is 5.13. The Morgan fingerprint density at radius 2 is 1.95 bits per heavy atom. The first kappa shape index (κ1) is 14.8. The van der Waals surface area contributed by atoms with Crippen molar-refractivity contribution in [2.24, 2.45) is 5.73 Å². The van der Waals surface area contributed by atoms with Gasteiger partial charge in [0.1, 0.15) is 0 Å². The van der Waals surface area contributed by atoms with E-state index in [1.54, 1.807) is 0 Å². The van der Waals surface area contributed by atoms with Crippen molar-refractivity contribution in [3.8, 4) is 0 Å². The number of amides is 1. The minimum Gasteiger partial charge on any atom is -0.391 e. The van der Waals surface area contributed by atoms with Crippen molar-refractivity contribution < 1.29 is 13.6 Å². The molecule has 3 N–H and O–H groups in total. The summed E-state index contributed by atoms with van der Waals surface area (Å²) >= 11 is 5.04. The summed E-state index contributed by atoms with van der Waals surface area (Å²) in [5.41, 5.74) is 5.52. The maximum Gasteiger partial charge on any atom is 0.225 e. The van der Waals surface area contributed by atoms with Crippen molar-refractivity contribution >= 4 is 23.1 Å². The molecular formula is C14H16F2N2OS. The van der Waals surface area contributed by atoms with Crippen LogP contribution in [0.3, 0.4) is 0 Å². The minimum atomic E-state index is -0.958. The Balaban J connectivity index is 2.04.